The summed E-state index contributed by atoms with van der Waals surface area (Å²) in [7, 11) is 0. The normalized spacial score (nSPS) is 20.6. The van der Waals surface area contributed by atoms with Crippen molar-refractivity contribution >= 4 is 35.1 Å². The first-order chi connectivity index (χ1) is 21.4. The Kier molecular flexibility index (Phi) is 13.4. The zero-order valence-electron chi connectivity index (χ0n) is 27.7. The molecule has 45 heavy (non-hydrogen) atoms. The molecule has 2 heterocycles. The molecule has 2 fully saturated rings. The number of nitrogens with one attached hydrogen (secondary N) is 2. The van der Waals surface area contributed by atoms with Crippen molar-refractivity contribution in [3.8, 4) is 0 Å². The molecule has 1 saturated carbocycles. The van der Waals surface area contributed by atoms with Gasteiger partial charge in [0, 0.05) is 37.7 Å². The number of aromatic nitrogens is 2. The molecule has 2 N–H and O–H groups in total. The number of ketones is 3. The van der Waals surface area contributed by atoms with Gasteiger partial charge >= 0.3 is 0 Å². The fourth-order valence-electron chi connectivity index (χ4n) is 6.19. The molecule has 11 heteroatoms. The van der Waals surface area contributed by atoms with Gasteiger partial charge in [0.1, 0.15) is 17.8 Å². The van der Waals surface area contributed by atoms with Crippen molar-refractivity contribution in [2.45, 2.75) is 117 Å². The Labute approximate surface area is 267 Å². The largest absolute Gasteiger partial charge is 0.342 e. The number of nitrogens with zero attached hydrogens (tertiary/aromatic N) is 3. The lowest BCUT2D eigenvalue weighted by Crippen LogP contribution is -2.59. The van der Waals surface area contributed by atoms with Gasteiger partial charge in [-0.2, -0.15) is 0 Å². The van der Waals surface area contributed by atoms with Gasteiger partial charge in [-0.25, -0.2) is 4.98 Å². The van der Waals surface area contributed by atoms with Crippen LogP contribution >= 0.6 is 0 Å². The number of carbonyl (C=O) groups excluding carboxylic acids is 6. The summed E-state index contributed by atoms with van der Waals surface area (Å²) >= 11 is 0. The quantitative estimate of drug-likeness (QED) is 0.234. The highest BCUT2D eigenvalue weighted by molar-refractivity contribution is 6.38. The fourth-order valence-corrected chi connectivity index (χ4v) is 6.19. The SMILES string of the molecule is CCCC(CC(=O)[C@@H]1[C@@H](CC)CCN1C(=O)[C@@H](NC(=O)[C@@H](NC(=O)c1cnccn1)C(C)C)C(C)CC)C(=O)C(=O)CC1CC1. The molecule has 2 unspecified atom stereocenters. The fraction of sp³-hybridized carbons (Fsp3) is 0.706. The second kappa shape index (κ2) is 16.7. The molecule has 248 valence electrons. The number of rotatable bonds is 18. The van der Waals surface area contributed by atoms with E-state index in [1.807, 2.05) is 27.7 Å². The summed E-state index contributed by atoms with van der Waals surface area (Å²) in [6.45, 7) is 11.7. The highest BCUT2D eigenvalue weighted by Crippen LogP contribution is 2.34. The minimum Gasteiger partial charge on any atom is -0.342 e. The molecule has 1 aromatic heterocycles. The number of hydrogen-bond acceptors (Lipinski definition) is 8. The van der Waals surface area contributed by atoms with Crippen molar-refractivity contribution in [2.75, 3.05) is 6.54 Å². The molecule has 1 saturated heterocycles. The van der Waals surface area contributed by atoms with E-state index in [0.29, 0.717) is 38.6 Å². The molecule has 0 radical (unpaired) electrons. The van der Waals surface area contributed by atoms with Crippen molar-refractivity contribution in [3.63, 3.8) is 0 Å². The van der Waals surface area contributed by atoms with Crippen LogP contribution in [0.25, 0.3) is 0 Å². The number of amides is 3. The lowest BCUT2D eigenvalue weighted by molar-refractivity contribution is -0.144. The minimum absolute atomic E-state index is 0.0712. The Balaban J connectivity index is 1.79. The molecule has 3 amide bonds. The Bertz CT molecular complexity index is 1220. The third-order valence-corrected chi connectivity index (χ3v) is 9.37. The first kappa shape index (κ1) is 36.0. The van der Waals surface area contributed by atoms with E-state index in [1.165, 1.54) is 18.6 Å². The van der Waals surface area contributed by atoms with Gasteiger partial charge in [0.2, 0.25) is 17.6 Å². The van der Waals surface area contributed by atoms with Crippen molar-refractivity contribution in [1.29, 1.82) is 0 Å². The molecular formula is C34H51N5O6. The van der Waals surface area contributed by atoms with Gasteiger partial charge in [0.15, 0.2) is 11.6 Å². The van der Waals surface area contributed by atoms with Crippen molar-refractivity contribution in [2.24, 2.45) is 29.6 Å². The van der Waals surface area contributed by atoms with Crippen molar-refractivity contribution in [1.82, 2.24) is 25.5 Å². The Hall–Kier alpha value is -3.50. The van der Waals surface area contributed by atoms with E-state index in [9.17, 15) is 28.8 Å². The van der Waals surface area contributed by atoms with Crippen LogP contribution < -0.4 is 10.6 Å². The maximum Gasteiger partial charge on any atom is 0.272 e. The van der Waals surface area contributed by atoms with Gasteiger partial charge in [0.05, 0.1) is 12.2 Å². The van der Waals surface area contributed by atoms with E-state index in [4.69, 9.17) is 0 Å². The molecule has 2 aliphatic rings. The summed E-state index contributed by atoms with van der Waals surface area (Å²) in [5.74, 6) is -3.48. The Morgan fingerprint density at radius 1 is 0.956 bits per heavy atom. The number of Topliss-reactive ketones (excluding diaryl/α,β-unsaturated/α-hetero) is 3. The predicted octanol–water partition coefficient (Wildman–Crippen LogP) is 3.70. The molecule has 11 nitrogen and oxygen atoms in total. The maximum atomic E-state index is 14.2. The Morgan fingerprint density at radius 3 is 2.22 bits per heavy atom. The smallest absolute Gasteiger partial charge is 0.272 e. The van der Waals surface area contributed by atoms with Crippen LogP contribution in [0.3, 0.4) is 0 Å². The Morgan fingerprint density at radius 2 is 1.67 bits per heavy atom. The summed E-state index contributed by atoms with van der Waals surface area (Å²) < 4.78 is 0. The predicted molar refractivity (Wildman–Crippen MR) is 169 cm³/mol. The third kappa shape index (κ3) is 9.50. The van der Waals surface area contributed by atoms with Crippen LogP contribution in [0, 0.1) is 29.6 Å². The first-order valence-corrected chi connectivity index (χ1v) is 16.7. The maximum absolute atomic E-state index is 14.2. The van der Waals surface area contributed by atoms with Gasteiger partial charge in [-0.05, 0) is 49.4 Å². The molecule has 1 aliphatic carbocycles. The van der Waals surface area contributed by atoms with Crippen LogP contribution in [0.15, 0.2) is 18.6 Å². The van der Waals surface area contributed by atoms with Crippen molar-refractivity contribution in [3.05, 3.63) is 24.3 Å². The van der Waals surface area contributed by atoms with Crippen LogP contribution in [-0.2, 0) is 24.0 Å². The van der Waals surface area contributed by atoms with Gasteiger partial charge in [-0.1, -0.05) is 60.8 Å². The van der Waals surface area contributed by atoms with Gasteiger partial charge < -0.3 is 15.5 Å². The summed E-state index contributed by atoms with van der Waals surface area (Å²) in [6.07, 6.45) is 9.28. The standard InChI is InChI=1S/C34H51N5O6/c1-7-10-24(31(42)27(41)17-22-11-12-22)18-26(40)30-23(9-3)13-16-39(30)34(45)29(21(6)8-2)38-33(44)28(20(4)5)37-32(43)25-19-35-14-15-36-25/h14-15,19-24,28-30H,7-13,16-18H2,1-6H3,(H,37,43)(H,38,44)/t21?,23-,24?,28-,29-,30-/m0/s1. The van der Waals surface area contributed by atoms with Crippen LogP contribution in [0.1, 0.15) is 110 Å². The molecule has 0 bridgehead atoms. The third-order valence-electron chi connectivity index (χ3n) is 9.37. The van der Waals surface area contributed by atoms with E-state index in [2.05, 4.69) is 20.6 Å². The average Bonchev–Trinajstić information content (AvgIpc) is 3.74. The lowest BCUT2D eigenvalue weighted by atomic mass is 9.84. The second-order valence-corrected chi connectivity index (χ2v) is 13.2. The number of likely N-dealkylation sites (tertiary alicyclic amines) is 1. The zero-order valence-corrected chi connectivity index (χ0v) is 27.7. The van der Waals surface area contributed by atoms with E-state index in [1.54, 1.807) is 18.7 Å². The topological polar surface area (TPSA) is 156 Å². The first-order valence-electron chi connectivity index (χ1n) is 16.7. The average molecular weight is 626 g/mol. The lowest BCUT2D eigenvalue weighted by Gasteiger charge is -2.34. The molecule has 3 rings (SSSR count). The molecule has 0 aromatic carbocycles. The summed E-state index contributed by atoms with van der Waals surface area (Å²) in [5.41, 5.74) is 0.0728. The summed E-state index contributed by atoms with van der Waals surface area (Å²) in [4.78, 5) is 89.8. The van der Waals surface area contributed by atoms with Crippen LogP contribution in [-0.4, -0.2) is 74.6 Å². The molecule has 6 atom stereocenters. The van der Waals surface area contributed by atoms with E-state index >= 15 is 0 Å². The zero-order chi connectivity index (χ0) is 33.3. The van der Waals surface area contributed by atoms with Gasteiger partial charge in [-0.15, -0.1) is 0 Å². The highest BCUT2D eigenvalue weighted by atomic mass is 16.2. The van der Waals surface area contributed by atoms with Crippen LogP contribution in [0.5, 0.6) is 0 Å². The van der Waals surface area contributed by atoms with Gasteiger partial charge in [0.25, 0.3) is 5.91 Å². The number of hydrogen-bond donors (Lipinski definition) is 2. The van der Waals surface area contributed by atoms with Crippen molar-refractivity contribution < 1.29 is 28.8 Å². The van der Waals surface area contributed by atoms with Gasteiger partial charge in [-0.3, -0.25) is 33.8 Å². The highest BCUT2D eigenvalue weighted by Gasteiger charge is 2.45. The number of carbonyl (C=O) groups is 6. The monoisotopic (exact) mass is 625 g/mol. The van der Waals surface area contributed by atoms with E-state index in [-0.39, 0.29) is 59.7 Å². The summed E-state index contributed by atoms with van der Waals surface area (Å²) in [6, 6.07) is -2.59. The van der Waals surface area contributed by atoms with E-state index < -0.39 is 41.6 Å². The second-order valence-electron chi connectivity index (χ2n) is 13.2. The summed E-state index contributed by atoms with van der Waals surface area (Å²) in [5, 5.41) is 5.63. The minimum atomic E-state index is -0.938. The van der Waals surface area contributed by atoms with E-state index in [0.717, 1.165) is 12.8 Å². The molecular weight excluding hydrogens is 574 g/mol. The molecule has 1 aromatic rings. The molecule has 0 spiro atoms. The van der Waals surface area contributed by atoms with Crippen LogP contribution in [0.2, 0.25) is 0 Å². The van der Waals surface area contributed by atoms with Crippen LogP contribution in [0.4, 0.5) is 0 Å². The molecule has 1 aliphatic heterocycles.